The second-order valence-corrected chi connectivity index (χ2v) is 9.10. The van der Waals surface area contributed by atoms with Gasteiger partial charge in [-0.1, -0.05) is 48.0 Å². The highest BCUT2D eigenvalue weighted by Gasteiger charge is 2.16. The van der Waals surface area contributed by atoms with Gasteiger partial charge in [-0.3, -0.25) is 4.79 Å². The number of nitrogens with zero attached hydrogens (tertiary/aromatic N) is 1. The summed E-state index contributed by atoms with van der Waals surface area (Å²) in [5.74, 6) is 0.637. The Labute approximate surface area is 218 Å². The summed E-state index contributed by atoms with van der Waals surface area (Å²) < 4.78 is 12.7. The SMILES string of the molecule is CCOc1cc(/C=C(\C#N)C(=O)Nc2c(C)cccc2Cl)cc(I)c1OCc1ccccc1C. The summed E-state index contributed by atoms with van der Waals surface area (Å²) in [7, 11) is 0. The van der Waals surface area contributed by atoms with Crippen LogP contribution in [0, 0.1) is 28.7 Å². The lowest BCUT2D eigenvalue weighted by Gasteiger charge is -2.16. The van der Waals surface area contributed by atoms with Crippen molar-refractivity contribution in [1.29, 1.82) is 5.26 Å². The lowest BCUT2D eigenvalue weighted by molar-refractivity contribution is -0.112. The number of hydrogen-bond acceptors (Lipinski definition) is 4. The number of hydrogen-bond donors (Lipinski definition) is 1. The van der Waals surface area contributed by atoms with Crippen LogP contribution in [0.25, 0.3) is 6.08 Å². The van der Waals surface area contributed by atoms with E-state index >= 15 is 0 Å². The molecular formula is C27H24ClIN2O3. The van der Waals surface area contributed by atoms with E-state index < -0.39 is 5.91 Å². The van der Waals surface area contributed by atoms with E-state index in [2.05, 4.69) is 27.9 Å². The Kier molecular flexibility index (Phi) is 8.97. The number of aryl methyl sites for hydroxylation is 2. The van der Waals surface area contributed by atoms with Crippen LogP contribution in [-0.2, 0) is 11.4 Å². The summed E-state index contributed by atoms with van der Waals surface area (Å²) in [5, 5.41) is 12.8. The molecule has 0 fully saturated rings. The normalized spacial score (nSPS) is 11.0. The van der Waals surface area contributed by atoms with E-state index in [1.54, 1.807) is 18.2 Å². The molecular weight excluding hydrogens is 563 g/mol. The van der Waals surface area contributed by atoms with Gasteiger partial charge >= 0.3 is 0 Å². The first kappa shape index (κ1) is 25.6. The quantitative estimate of drug-likeness (QED) is 0.174. The number of carbonyl (C=O) groups excluding carboxylic acids is 1. The number of nitrogens with one attached hydrogen (secondary N) is 1. The molecule has 0 saturated heterocycles. The fourth-order valence-electron chi connectivity index (χ4n) is 3.28. The van der Waals surface area contributed by atoms with E-state index in [0.717, 1.165) is 20.3 Å². The predicted octanol–water partition coefficient (Wildman–Crippen LogP) is 7.08. The van der Waals surface area contributed by atoms with Gasteiger partial charge in [0.25, 0.3) is 5.91 Å². The Morgan fingerprint density at radius 1 is 1.12 bits per heavy atom. The summed E-state index contributed by atoms with van der Waals surface area (Å²) in [4.78, 5) is 12.8. The van der Waals surface area contributed by atoms with E-state index in [1.165, 1.54) is 6.08 Å². The summed E-state index contributed by atoms with van der Waals surface area (Å²) in [6, 6.07) is 19.0. The van der Waals surface area contributed by atoms with E-state index in [-0.39, 0.29) is 5.57 Å². The maximum atomic E-state index is 12.8. The van der Waals surface area contributed by atoms with Gasteiger partial charge in [0.1, 0.15) is 18.2 Å². The minimum absolute atomic E-state index is 0.0499. The number of anilines is 1. The maximum Gasteiger partial charge on any atom is 0.266 e. The zero-order valence-electron chi connectivity index (χ0n) is 19.1. The Balaban J connectivity index is 1.88. The first-order valence-corrected chi connectivity index (χ1v) is 12.1. The molecule has 0 saturated carbocycles. The van der Waals surface area contributed by atoms with E-state index in [9.17, 15) is 10.1 Å². The molecule has 0 radical (unpaired) electrons. The van der Waals surface area contributed by atoms with Gasteiger partial charge in [-0.2, -0.15) is 5.26 Å². The molecule has 5 nitrogen and oxygen atoms in total. The first-order valence-electron chi connectivity index (χ1n) is 10.7. The number of rotatable bonds is 8. The molecule has 0 unspecified atom stereocenters. The largest absolute Gasteiger partial charge is 0.490 e. The molecule has 174 valence electrons. The van der Waals surface area contributed by atoms with E-state index in [1.807, 2.05) is 63.2 Å². The lowest BCUT2D eigenvalue weighted by Crippen LogP contribution is -2.14. The van der Waals surface area contributed by atoms with Crippen LogP contribution in [0.15, 0.2) is 60.2 Å². The molecule has 0 aliphatic rings. The van der Waals surface area contributed by atoms with Gasteiger partial charge in [0.05, 0.1) is 20.9 Å². The van der Waals surface area contributed by atoms with Crippen molar-refractivity contribution in [3.05, 3.63) is 91.0 Å². The summed E-state index contributed by atoms with van der Waals surface area (Å²) in [6.07, 6.45) is 1.53. The Bertz CT molecular complexity index is 1260. The minimum atomic E-state index is -0.536. The second kappa shape index (κ2) is 11.9. The van der Waals surface area contributed by atoms with Crippen LogP contribution in [0.3, 0.4) is 0 Å². The number of halogens is 2. The van der Waals surface area contributed by atoms with Crippen LogP contribution in [0.4, 0.5) is 5.69 Å². The summed E-state index contributed by atoms with van der Waals surface area (Å²) in [5.41, 5.74) is 4.13. The molecule has 0 atom stereocenters. The average Bonchev–Trinajstić information content (AvgIpc) is 2.80. The smallest absolute Gasteiger partial charge is 0.266 e. The summed E-state index contributed by atoms with van der Waals surface area (Å²) in [6.45, 7) is 6.62. The van der Waals surface area contributed by atoms with Crippen LogP contribution in [-0.4, -0.2) is 12.5 Å². The number of para-hydroxylation sites is 1. The van der Waals surface area contributed by atoms with E-state index in [0.29, 0.717) is 41.0 Å². The van der Waals surface area contributed by atoms with Crippen molar-refractivity contribution in [2.45, 2.75) is 27.4 Å². The molecule has 0 aromatic heterocycles. The van der Waals surface area contributed by atoms with Crippen LogP contribution < -0.4 is 14.8 Å². The topological polar surface area (TPSA) is 71.3 Å². The Morgan fingerprint density at radius 2 is 1.85 bits per heavy atom. The molecule has 0 spiro atoms. The zero-order valence-corrected chi connectivity index (χ0v) is 22.0. The predicted molar refractivity (Wildman–Crippen MR) is 144 cm³/mol. The molecule has 34 heavy (non-hydrogen) atoms. The summed E-state index contributed by atoms with van der Waals surface area (Å²) >= 11 is 8.38. The maximum absolute atomic E-state index is 12.8. The number of amides is 1. The number of nitriles is 1. The monoisotopic (exact) mass is 586 g/mol. The van der Waals surface area contributed by atoms with Crippen molar-refractivity contribution in [2.24, 2.45) is 0 Å². The third kappa shape index (κ3) is 6.31. The van der Waals surface area contributed by atoms with Crippen molar-refractivity contribution < 1.29 is 14.3 Å². The first-order chi connectivity index (χ1) is 16.3. The molecule has 0 bridgehead atoms. The molecule has 7 heteroatoms. The highest BCUT2D eigenvalue weighted by atomic mass is 127. The van der Waals surface area contributed by atoms with Crippen LogP contribution >= 0.6 is 34.2 Å². The number of benzene rings is 3. The Morgan fingerprint density at radius 3 is 2.53 bits per heavy atom. The molecule has 1 amide bonds. The van der Waals surface area contributed by atoms with Crippen molar-refractivity contribution in [2.75, 3.05) is 11.9 Å². The molecule has 3 rings (SSSR count). The number of ether oxygens (including phenoxy) is 2. The molecule has 0 aliphatic carbocycles. The van der Waals surface area contributed by atoms with Gasteiger partial charge in [-0.05, 0) is 89.9 Å². The molecule has 3 aromatic rings. The highest BCUT2D eigenvalue weighted by Crippen LogP contribution is 2.36. The minimum Gasteiger partial charge on any atom is -0.490 e. The standard InChI is InChI=1S/C27H24ClIN2O3/c1-4-33-24-14-19(13-23(29)26(24)34-16-20-10-6-5-8-17(20)2)12-21(15-30)27(32)31-25-18(3)9-7-11-22(25)28/h5-14H,4,16H2,1-3H3,(H,31,32)/b21-12+. The third-order valence-corrected chi connectivity index (χ3v) is 6.22. The fraction of sp³-hybridized carbons (Fsp3) is 0.185. The highest BCUT2D eigenvalue weighted by molar-refractivity contribution is 14.1. The lowest BCUT2D eigenvalue weighted by atomic mass is 10.1. The zero-order chi connectivity index (χ0) is 24.7. The third-order valence-electron chi connectivity index (χ3n) is 5.10. The fourth-order valence-corrected chi connectivity index (χ4v) is 4.33. The second-order valence-electron chi connectivity index (χ2n) is 7.53. The average molecular weight is 587 g/mol. The van der Waals surface area contributed by atoms with Gasteiger partial charge in [-0.15, -0.1) is 0 Å². The van der Waals surface area contributed by atoms with Crippen molar-refractivity contribution in [3.63, 3.8) is 0 Å². The van der Waals surface area contributed by atoms with E-state index in [4.69, 9.17) is 21.1 Å². The van der Waals surface area contributed by atoms with Crippen molar-refractivity contribution >= 4 is 51.9 Å². The van der Waals surface area contributed by atoms with Gasteiger partial charge in [0.15, 0.2) is 11.5 Å². The molecule has 0 aliphatic heterocycles. The van der Waals surface area contributed by atoms with Gasteiger partial charge < -0.3 is 14.8 Å². The van der Waals surface area contributed by atoms with Crippen molar-refractivity contribution in [3.8, 4) is 17.6 Å². The molecule has 0 heterocycles. The van der Waals surface area contributed by atoms with Gasteiger partial charge in [0, 0.05) is 0 Å². The van der Waals surface area contributed by atoms with Crippen molar-refractivity contribution in [1.82, 2.24) is 0 Å². The van der Waals surface area contributed by atoms with Crippen LogP contribution in [0.2, 0.25) is 5.02 Å². The van der Waals surface area contributed by atoms with Gasteiger partial charge in [-0.25, -0.2) is 0 Å². The molecule has 1 N–H and O–H groups in total. The Hall–Kier alpha value is -3.02. The number of carbonyl (C=O) groups is 1. The van der Waals surface area contributed by atoms with Crippen LogP contribution in [0.5, 0.6) is 11.5 Å². The van der Waals surface area contributed by atoms with Gasteiger partial charge in [0.2, 0.25) is 0 Å². The molecule has 3 aromatic carbocycles. The van der Waals surface area contributed by atoms with Crippen LogP contribution in [0.1, 0.15) is 29.2 Å².